The molecule has 0 unspecified atom stereocenters. The molecule has 2 heteroatoms. The first-order valence-electron chi connectivity index (χ1n) is 5.84. The van der Waals surface area contributed by atoms with E-state index in [-0.39, 0.29) is 0 Å². The Morgan fingerprint density at radius 3 is 2.71 bits per heavy atom. The van der Waals surface area contributed by atoms with Crippen LogP contribution >= 0.6 is 0 Å². The predicted octanol–water partition coefficient (Wildman–Crippen LogP) is 3.90. The van der Waals surface area contributed by atoms with E-state index in [0.29, 0.717) is 0 Å². The molecular weight excluding hydrogens is 210 g/mol. The van der Waals surface area contributed by atoms with Crippen LogP contribution < -0.4 is 0 Å². The molecule has 2 nitrogen and oxygen atoms in total. The first-order chi connectivity index (χ1) is 8.24. The van der Waals surface area contributed by atoms with Crippen molar-refractivity contribution in [1.82, 2.24) is 4.57 Å². The van der Waals surface area contributed by atoms with Crippen molar-refractivity contribution in [2.45, 2.75) is 20.4 Å². The van der Waals surface area contributed by atoms with Crippen molar-refractivity contribution < 1.29 is 4.42 Å². The first-order valence-corrected chi connectivity index (χ1v) is 5.84. The zero-order chi connectivity index (χ0) is 11.8. The summed E-state index contributed by atoms with van der Waals surface area (Å²) in [5.41, 5.74) is 2.58. The van der Waals surface area contributed by atoms with Crippen LogP contribution in [0.25, 0.3) is 10.9 Å². The minimum Gasteiger partial charge on any atom is -0.464 e. The average Bonchev–Trinajstić information content (AvgIpc) is 2.88. The number of aryl methyl sites for hydroxylation is 2. The van der Waals surface area contributed by atoms with Gasteiger partial charge in [-0.05, 0) is 43.7 Å². The molecule has 0 aliphatic carbocycles. The van der Waals surface area contributed by atoms with Gasteiger partial charge in [-0.15, -0.1) is 0 Å². The molecule has 86 valence electrons. The summed E-state index contributed by atoms with van der Waals surface area (Å²) in [6, 6.07) is 12.6. The fraction of sp³-hybridized carbons (Fsp3) is 0.200. The summed E-state index contributed by atoms with van der Waals surface area (Å²) < 4.78 is 7.84. The lowest BCUT2D eigenvalue weighted by atomic mass is 10.1. The second kappa shape index (κ2) is 3.81. The zero-order valence-corrected chi connectivity index (χ0v) is 10.1. The molecule has 0 fully saturated rings. The fourth-order valence-corrected chi connectivity index (χ4v) is 2.25. The van der Waals surface area contributed by atoms with E-state index in [2.05, 4.69) is 42.0 Å². The molecule has 2 aromatic heterocycles. The Hall–Kier alpha value is -1.96. The third kappa shape index (κ3) is 1.76. The van der Waals surface area contributed by atoms with Gasteiger partial charge < -0.3 is 8.98 Å². The Balaban J connectivity index is 2.04. The van der Waals surface area contributed by atoms with E-state index in [9.17, 15) is 0 Å². The lowest BCUT2D eigenvalue weighted by Gasteiger charge is -2.03. The number of furan rings is 1. The summed E-state index contributed by atoms with van der Waals surface area (Å²) in [6.07, 6.45) is 2.12. The van der Waals surface area contributed by atoms with E-state index in [4.69, 9.17) is 4.42 Å². The standard InChI is InChI=1S/C15H15NO/c1-11-4-3-5-15-14(11)8-9-16(15)10-13-7-6-12(2)17-13/h3-9H,10H2,1-2H3. The first kappa shape index (κ1) is 10.2. The summed E-state index contributed by atoms with van der Waals surface area (Å²) in [7, 11) is 0. The molecule has 0 spiro atoms. The van der Waals surface area contributed by atoms with Crippen LogP contribution in [-0.2, 0) is 6.54 Å². The topological polar surface area (TPSA) is 18.1 Å². The Labute approximate surface area is 100 Å². The highest BCUT2D eigenvalue weighted by Crippen LogP contribution is 2.21. The van der Waals surface area contributed by atoms with Crippen molar-refractivity contribution in [3.05, 3.63) is 59.7 Å². The monoisotopic (exact) mass is 225 g/mol. The molecule has 1 aromatic carbocycles. The minimum atomic E-state index is 0.792. The van der Waals surface area contributed by atoms with Crippen LogP contribution in [-0.4, -0.2) is 4.57 Å². The summed E-state index contributed by atoms with van der Waals surface area (Å²) in [5.74, 6) is 1.97. The summed E-state index contributed by atoms with van der Waals surface area (Å²) in [5, 5.41) is 1.32. The highest BCUT2D eigenvalue weighted by atomic mass is 16.3. The maximum Gasteiger partial charge on any atom is 0.123 e. The van der Waals surface area contributed by atoms with Crippen molar-refractivity contribution in [2.24, 2.45) is 0 Å². The molecule has 3 rings (SSSR count). The Morgan fingerprint density at radius 1 is 1.06 bits per heavy atom. The molecule has 0 saturated heterocycles. The van der Waals surface area contributed by atoms with Gasteiger partial charge in [-0.25, -0.2) is 0 Å². The van der Waals surface area contributed by atoms with Gasteiger partial charge in [0.15, 0.2) is 0 Å². The van der Waals surface area contributed by atoms with Gasteiger partial charge in [0.25, 0.3) is 0 Å². The number of benzene rings is 1. The molecule has 0 bridgehead atoms. The molecule has 0 saturated carbocycles. The molecule has 0 aliphatic rings. The van der Waals surface area contributed by atoms with E-state index in [1.807, 2.05) is 19.1 Å². The zero-order valence-electron chi connectivity index (χ0n) is 10.1. The Kier molecular flexibility index (Phi) is 2.29. The smallest absolute Gasteiger partial charge is 0.123 e. The molecule has 0 radical (unpaired) electrons. The van der Waals surface area contributed by atoms with Crippen molar-refractivity contribution in [1.29, 1.82) is 0 Å². The predicted molar refractivity (Wildman–Crippen MR) is 69.2 cm³/mol. The summed E-state index contributed by atoms with van der Waals surface area (Å²) in [6.45, 7) is 4.91. The van der Waals surface area contributed by atoms with Crippen LogP contribution in [0.15, 0.2) is 47.0 Å². The molecule has 2 heterocycles. The van der Waals surface area contributed by atoms with Crippen LogP contribution in [0.3, 0.4) is 0 Å². The minimum absolute atomic E-state index is 0.792. The molecule has 17 heavy (non-hydrogen) atoms. The van der Waals surface area contributed by atoms with Crippen LogP contribution in [0.1, 0.15) is 17.1 Å². The second-order valence-electron chi connectivity index (χ2n) is 4.46. The van der Waals surface area contributed by atoms with E-state index in [1.165, 1.54) is 16.5 Å². The number of hydrogen-bond donors (Lipinski definition) is 0. The van der Waals surface area contributed by atoms with Gasteiger partial charge in [-0.1, -0.05) is 12.1 Å². The Morgan fingerprint density at radius 2 is 1.94 bits per heavy atom. The van der Waals surface area contributed by atoms with Crippen molar-refractivity contribution in [2.75, 3.05) is 0 Å². The summed E-state index contributed by atoms with van der Waals surface area (Å²) >= 11 is 0. The maximum atomic E-state index is 5.62. The van der Waals surface area contributed by atoms with E-state index < -0.39 is 0 Å². The molecule has 0 aliphatic heterocycles. The van der Waals surface area contributed by atoms with Gasteiger partial charge in [0.05, 0.1) is 6.54 Å². The highest BCUT2D eigenvalue weighted by molar-refractivity contribution is 5.83. The van der Waals surface area contributed by atoms with Gasteiger partial charge in [-0.2, -0.15) is 0 Å². The molecule has 0 amide bonds. The second-order valence-corrected chi connectivity index (χ2v) is 4.46. The highest BCUT2D eigenvalue weighted by Gasteiger charge is 2.05. The van der Waals surface area contributed by atoms with Crippen LogP contribution in [0.2, 0.25) is 0 Å². The van der Waals surface area contributed by atoms with Gasteiger partial charge in [0.1, 0.15) is 11.5 Å². The van der Waals surface area contributed by atoms with E-state index >= 15 is 0 Å². The SMILES string of the molecule is Cc1ccc(Cn2ccc3c(C)cccc32)o1. The van der Waals surface area contributed by atoms with Gasteiger partial charge in [0, 0.05) is 17.1 Å². The lowest BCUT2D eigenvalue weighted by Crippen LogP contribution is -1.96. The van der Waals surface area contributed by atoms with Crippen molar-refractivity contribution in [3.63, 3.8) is 0 Å². The number of hydrogen-bond acceptors (Lipinski definition) is 1. The Bertz CT molecular complexity index is 660. The van der Waals surface area contributed by atoms with Crippen molar-refractivity contribution in [3.8, 4) is 0 Å². The largest absolute Gasteiger partial charge is 0.464 e. The number of fused-ring (bicyclic) bond motifs is 1. The number of rotatable bonds is 2. The van der Waals surface area contributed by atoms with Crippen LogP contribution in [0.4, 0.5) is 0 Å². The van der Waals surface area contributed by atoms with Crippen LogP contribution in [0, 0.1) is 13.8 Å². The molecular formula is C15H15NO. The quantitative estimate of drug-likeness (QED) is 0.647. The normalized spacial score (nSPS) is 11.2. The third-order valence-electron chi connectivity index (χ3n) is 3.15. The molecule has 3 aromatic rings. The maximum absolute atomic E-state index is 5.62. The molecule has 0 atom stereocenters. The van der Waals surface area contributed by atoms with Gasteiger partial charge in [-0.3, -0.25) is 0 Å². The average molecular weight is 225 g/mol. The van der Waals surface area contributed by atoms with Gasteiger partial charge >= 0.3 is 0 Å². The lowest BCUT2D eigenvalue weighted by molar-refractivity contribution is 0.473. The number of aromatic nitrogens is 1. The molecule has 0 N–H and O–H groups in total. The van der Waals surface area contributed by atoms with Crippen molar-refractivity contribution >= 4 is 10.9 Å². The van der Waals surface area contributed by atoms with E-state index in [0.717, 1.165) is 18.1 Å². The van der Waals surface area contributed by atoms with Crippen LogP contribution in [0.5, 0.6) is 0 Å². The summed E-state index contributed by atoms with van der Waals surface area (Å²) in [4.78, 5) is 0. The third-order valence-corrected chi connectivity index (χ3v) is 3.15. The van der Waals surface area contributed by atoms with E-state index in [1.54, 1.807) is 0 Å². The number of nitrogens with zero attached hydrogens (tertiary/aromatic N) is 1. The van der Waals surface area contributed by atoms with Gasteiger partial charge in [0.2, 0.25) is 0 Å². The fourth-order valence-electron chi connectivity index (χ4n) is 2.25.